The molecule has 0 saturated heterocycles. The first-order chi connectivity index (χ1) is 7.36. The molecule has 0 fully saturated rings. The first-order valence-corrected chi connectivity index (χ1v) is 4.58. The zero-order valence-electron chi connectivity index (χ0n) is 8.37. The van der Waals surface area contributed by atoms with Gasteiger partial charge in [0.05, 0.1) is 12.5 Å². The number of hydrogen-bond acceptors (Lipinski definition) is 4. The van der Waals surface area contributed by atoms with E-state index in [1.807, 2.05) is 37.4 Å². The Morgan fingerprint density at radius 1 is 1.33 bits per heavy atom. The molecular formula is C11H11N3O. The molecule has 0 radical (unpaired) electrons. The molecule has 0 saturated carbocycles. The Balaban J connectivity index is 2.07. The molecule has 4 heteroatoms. The highest BCUT2D eigenvalue weighted by Gasteiger charge is 1.97. The minimum absolute atomic E-state index is 0.720. The molecule has 2 heterocycles. The van der Waals surface area contributed by atoms with Gasteiger partial charge in [-0.3, -0.25) is 5.01 Å². The van der Waals surface area contributed by atoms with E-state index in [2.05, 4.69) is 10.1 Å². The monoisotopic (exact) mass is 201 g/mol. The number of hydrogen-bond donors (Lipinski definition) is 0. The van der Waals surface area contributed by atoms with Crippen molar-refractivity contribution in [2.75, 3.05) is 12.1 Å². The lowest BCUT2D eigenvalue weighted by Crippen LogP contribution is -2.10. The molecule has 0 aliphatic rings. The maximum absolute atomic E-state index is 5.12. The lowest BCUT2D eigenvalue weighted by atomic mass is 10.4. The van der Waals surface area contributed by atoms with E-state index in [1.54, 1.807) is 23.7 Å². The van der Waals surface area contributed by atoms with Crippen molar-refractivity contribution in [2.24, 2.45) is 5.10 Å². The SMILES string of the molecule is CN(/N=C/c1ccco1)c1ccccn1. The Kier molecular flexibility index (Phi) is 2.78. The Labute approximate surface area is 87.9 Å². The van der Waals surface area contributed by atoms with Gasteiger partial charge in [0.15, 0.2) is 0 Å². The lowest BCUT2D eigenvalue weighted by Gasteiger charge is -2.09. The molecule has 0 aromatic carbocycles. The second kappa shape index (κ2) is 4.41. The number of nitrogens with zero attached hydrogens (tertiary/aromatic N) is 3. The summed E-state index contributed by atoms with van der Waals surface area (Å²) >= 11 is 0. The number of pyridine rings is 1. The third-order valence-corrected chi connectivity index (χ3v) is 1.88. The van der Waals surface area contributed by atoms with Crippen molar-refractivity contribution in [2.45, 2.75) is 0 Å². The van der Waals surface area contributed by atoms with Crippen molar-refractivity contribution in [3.05, 3.63) is 48.6 Å². The molecule has 0 aliphatic heterocycles. The fraction of sp³-hybridized carbons (Fsp3) is 0.0909. The molecule has 2 rings (SSSR count). The van der Waals surface area contributed by atoms with E-state index in [-0.39, 0.29) is 0 Å². The van der Waals surface area contributed by atoms with Crippen LogP contribution in [-0.2, 0) is 0 Å². The third-order valence-electron chi connectivity index (χ3n) is 1.88. The summed E-state index contributed by atoms with van der Waals surface area (Å²) in [6.07, 6.45) is 4.99. The topological polar surface area (TPSA) is 41.6 Å². The summed E-state index contributed by atoms with van der Waals surface area (Å²) in [6, 6.07) is 9.34. The molecule has 0 atom stereocenters. The Morgan fingerprint density at radius 2 is 2.27 bits per heavy atom. The molecule has 2 aromatic heterocycles. The van der Waals surface area contributed by atoms with Crippen LogP contribution in [0.3, 0.4) is 0 Å². The van der Waals surface area contributed by atoms with Gasteiger partial charge in [0, 0.05) is 13.2 Å². The standard InChI is InChI=1S/C11H11N3O/c1-14(11-6-2-3-7-12-11)13-9-10-5-4-8-15-10/h2-9H,1H3/b13-9+. The lowest BCUT2D eigenvalue weighted by molar-refractivity contribution is 0.560. The second-order valence-electron chi connectivity index (χ2n) is 2.97. The molecule has 0 N–H and O–H groups in total. The van der Waals surface area contributed by atoms with Gasteiger partial charge in [-0.2, -0.15) is 5.10 Å². The largest absolute Gasteiger partial charge is 0.463 e. The van der Waals surface area contributed by atoms with Crippen LogP contribution in [0.4, 0.5) is 5.82 Å². The zero-order valence-corrected chi connectivity index (χ0v) is 8.37. The third kappa shape index (κ3) is 2.43. The van der Waals surface area contributed by atoms with Gasteiger partial charge >= 0.3 is 0 Å². The summed E-state index contributed by atoms with van der Waals surface area (Å²) in [7, 11) is 1.84. The van der Waals surface area contributed by atoms with Gasteiger partial charge in [-0.05, 0) is 24.3 Å². The number of anilines is 1. The van der Waals surface area contributed by atoms with E-state index in [9.17, 15) is 0 Å². The van der Waals surface area contributed by atoms with Crippen LogP contribution in [0.15, 0.2) is 52.3 Å². The van der Waals surface area contributed by atoms with Crippen LogP contribution in [0.2, 0.25) is 0 Å². The smallest absolute Gasteiger partial charge is 0.148 e. The van der Waals surface area contributed by atoms with Crippen LogP contribution in [0.5, 0.6) is 0 Å². The molecule has 4 nitrogen and oxygen atoms in total. The molecule has 0 spiro atoms. The van der Waals surface area contributed by atoms with Crippen molar-refractivity contribution >= 4 is 12.0 Å². The van der Waals surface area contributed by atoms with Gasteiger partial charge in [0.25, 0.3) is 0 Å². The first-order valence-electron chi connectivity index (χ1n) is 4.58. The normalized spacial score (nSPS) is 10.7. The van der Waals surface area contributed by atoms with E-state index in [1.165, 1.54) is 0 Å². The maximum atomic E-state index is 5.12. The highest BCUT2D eigenvalue weighted by molar-refractivity contribution is 5.76. The van der Waals surface area contributed by atoms with E-state index >= 15 is 0 Å². The minimum Gasteiger partial charge on any atom is -0.463 e. The number of rotatable bonds is 3. The summed E-state index contributed by atoms with van der Waals surface area (Å²) < 4.78 is 5.12. The van der Waals surface area contributed by atoms with E-state index in [0.29, 0.717) is 0 Å². The summed E-state index contributed by atoms with van der Waals surface area (Å²) in [5.74, 6) is 1.51. The average Bonchev–Trinajstić information content (AvgIpc) is 2.80. The maximum Gasteiger partial charge on any atom is 0.148 e. The summed E-state index contributed by atoms with van der Waals surface area (Å²) in [6.45, 7) is 0. The fourth-order valence-electron chi connectivity index (χ4n) is 1.11. The van der Waals surface area contributed by atoms with Gasteiger partial charge in [0.1, 0.15) is 11.6 Å². The van der Waals surface area contributed by atoms with Crippen LogP contribution >= 0.6 is 0 Å². The van der Waals surface area contributed by atoms with Crippen molar-refractivity contribution in [1.29, 1.82) is 0 Å². The Hall–Kier alpha value is -2.10. The van der Waals surface area contributed by atoms with Crippen LogP contribution in [0, 0.1) is 0 Å². The number of hydrazone groups is 1. The van der Waals surface area contributed by atoms with Gasteiger partial charge in [0.2, 0.25) is 0 Å². The molecule has 15 heavy (non-hydrogen) atoms. The molecule has 0 unspecified atom stereocenters. The minimum atomic E-state index is 0.720. The van der Waals surface area contributed by atoms with Gasteiger partial charge in [-0.1, -0.05) is 6.07 Å². The van der Waals surface area contributed by atoms with Crippen molar-refractivity contribution < 1.29 is 4.42 Å². The van der Waals surface area contributed by atoms with Crippen molar-refractivity contribution in [1.82, 2.24) is 4.98 Å². The predicted octanol–water partition coefficient (Wildman–Crippen LogP) is 2.14. The summed E-state index contributed by atoms with van der Waals surface area (Å²) in [4.78, 5) is 4.16. The van der Waals surface area contributed by atoms with Crippen LogP contribution in [0.1, 0.15) is 5.76 Å². The van der Waals surface area contributed by atoms with Crippen molar-refractivity contribution in [3.8, 4) is 0 Å². The average molecular weight is 201 g/mol. The molecule has 0 aliphatic carbocycles. The first kappa shape index (κ1) is 9.45. The molecule has 0 amide bonds. The van der Waals surface area contributed by atoms with Crippen LogP contribution in [0.25, 0.3) is 0 Å². The van der Waals surface area contributed by atoms with E-state index in [0.717, 1.165) is 11.6 Å². The summed E-state index contributed by atoms with van der Waals surface area (Å²) in [5.41, 5.74) is 0. The van der Waals surface area contributed by atoms with E-state index in [4.69, 9.17) is 4.42 Å². The van der Waals surface area contributed by atoms with Crippen LogP contribution < -0.4 is 5.01 Å². The molecule has 2 aromatic rings. The zero-order chi connectivity index (χ0) is 10.5. The Morgan fingerprint density at radius 3 is 2.93 bits per heavy atom. The summed E-state index contributed by atoms with van der Waals surface area (Å²) in [5, 5.41) is 5.87. The number of aromatic nitrogens is 1. The molecule has 0 bridgehead atoms. The molecule has 76 valence electrons. The highest BCUT2D eigenvalue weighted by atomic mass is 16.3. The van der Waals surface area contributed by atoms with Crippen LogP contribution in [-0.4, -0.2) is 18.2 Å². The number of furan rings is 1. The predicted molar refractivity (Wildman–Crippen MR) is 58.9 cm³/mol. The highest BCUT2D eigenvalue weighted by Crippen LogP contribution is 2.06. The molecular weight excluding hydrogens is 190 g/mol. The quantitative estimate of drug-likeness (QED) is 0.564. The van der Waals surface area contributed by atoms with E-state index < -0.39 is 0 Å². The second-order valence-corrected chi connectivity index (χ2v) is 2.97. The van der Waals surface area contributed by atoms with Crippen molar-refractivity contribution in [3.63, 3.8) is 0 Å². The fourth-order valence-corrected chi connectivity index (χ4v) is 1.11. The Bertz CT molecular complexity index is 422. The van der Waals surface area contributed by atoms with Gasteiger partial charge < -0.3 is 4.42 Å². The van der Waals surface area contributed by atoms with Gasteiger partial charge in [-0.15, -0.1) is 0 Å². The van der Waals surface area contributed by atoms with Gasteiger partial charge in [-0.25, -0.2) is 4.98 Å².